The van der Waals surface area contributed by atoms with E-state index in [9.17, 15) is 0 Å². The molecule has 1 unspecified atom stereocenters. The van der Waals surface area contributed by atoms with Crippen molar-refractivity contribution in [2.75, 3.05) is 0 Å². The molecule has 0 spiro atoms. The van der Waals surface area contributed by atoms with Crippen molar-refractivity contribution in [2.24, 2.45) is 11.5 Å². The van der Waals surface area contributed by atoms with Crippen molar-refractivity contribution in [3.63, 3.8) is 0 Å². The fourth-order valence-electron chi connectivity index (χ4n) is 3.32. The van der Waals surface area contributed by atoms with Crippen molar-refractivity contribution in [1.82, 2.24) is 4.98 Å². The van der Waals surface area contributed by atoms with Crippen LogP contribution in [0.2, 0.25) is 0 Å². The van der Waals surface area contributed by atoms with Crippen LogP contribution in [0.5, 0.6) is 0 Å². The molecule has 0 bridgehead atoms. The summed E-state index contributed by atoms with van der Waals surface area (Å²) in [6.07, 6.45) is 11.5. The highest BCUT2D eigenvalue weighted by Crippen LogP contribution is 2.40. The second kappa shape index (κ2) is 4.48. The van der Waals surface area contributed by atoms with Gasteiger partial charge >= 0.3 is 0 Å². The molecule has 3 heteroatoms. The zero-order valence-electron chi connectivity index (χ0n) is 10.7. The van der Waals surface area contributed by atoms with Gasteiger partial charge in [0.1, 0.15) is 0 Å². The van der Waals surface area contributed by atoms with Gasteiger partial charge in [0.05, 0.1) is 0 Å². The Kier molecular flexibility index (Phi) is 2.96. The second-order valence-corrected chi connectivity index (χ2v) is 5.67. The van der Waals surface area contributed by atoms with Crippen LogP contribution in [-0.2, 0) is 6.42 Å². The van der Waals surface area contributed by atoms with Gasteiger partial charge in [-0.2, -0.15) is 0 Å². The molecule has 0 saturated heterocycles. The minimum absolute atomic E-state index is 0.175. The molecule has 1 aromatic heterocycles. The number of hydrogen-bond donors (Lipinski definition) is 2. The average Bonchev–Trinajstić information content (AvgIpc) is 2.42. The first-order valence-corrected chi connectivity index (χ1v) is 6.87. The van der Waals surface area contributed by atoms with E-state index < -0.39 is 0 Å². The first kappa shape index (κ1) is 11.9. The van der Waals surface area contributed by atoms with E-state index in [1.54, 1.807) is 0 Å². The Bertz CT molecular complexity index is 469. The molecule has 1 aromatic rings. The van der Waals surface area contributed by atoms with Gasteiger partial charge in [-0.05, 0) is 43.7 Å². The zero-order chi connectivity index (χ0) is 12.6. The monoisotopic (exact) mass is 243 g/mol. The second-order valence-electron chi connectivity index (χ2n) is 5.67. The third-order valence-electron chi connectivity index (χ3n) is 4.41. The van der Waals surface area contributed by atoms with Gasteiger partial charge in [-0.15, -0.1) is 0 Å². The molecule has 0 saturated carbocycles. The average molecular weight is 243 g/mol. The topological polar surface area (TPSA) is 64.9 Å². The van der Waals surface area contributed by atoms with Crippen LogP contribution in [0.15, 0.2) is 30.5 Å². The largest absolute Gasteiger partial charge is 0.324 e. The van der Waals surface area contributed by atoms with Gasteiger partial charge in [0.25, 0.3) is 0 Å². The van der Waals surface area contributed by atoms with Crippen molar-refractivity contribution in [3.8, 4) is 0 Å². The summed E-state index contributed by atoms with van der Waals surface area (Å²) >= 11 is 0. The quantitative estimate of drug-likeness (QED) is 0.740. The lowest BCUT2D eigenvalue weighted by molar-refractivity contribution is 0.327. The highest BCUT2D eigenvalue weighted by molar-refractivity contribution is 5.32. The summed E-state index contributed by atoms with van der Waals surface area (Å²) in [7, 11) is 0. The lowest BCUT2D eigenvalue weighted by Crippen LogP contribution is -2.48. The minimum atomic E-state index is -0.251. The van der Waals surface area contributed by atoms with Crippen LogP contribution in [-0.4, -0.2) is 16.6 Å². The number of hydrogen-bond acceptors (Lipinski definition) is 3. The number of aryl methyl sites for hydroxylation is 1. The first-order valence-electron chi connectivity index (χ1n) is 6.87. The van der Waals surface area contributed by atoms with E-state index in [1.165, 1.54) is 17.7 Å². The first-order chi connectivity index (χ1) is 8.69. The summed E-state index contributed by atoms with van der Waals surface area (Å²) in [4.78, 5) is 4.59. The molecule has 0 fully saturated rings. The molecule has 0 aliphatic heterocycles. The van der Waals surface area contributed by atoms with Gasteiger partial charge < -0.3 is 11.5 Å². The molecule has 0 aromatic carbocycles. The maximum atomic E-state index is 6.63. The Balaban J connectivity index is 1.96. The standard InChI is InChI=1S/C15H21N3/c16-12-6-8-15(17,9-7-12)13-5-1-3-11-4-2-10-18-14(11)13/h2,4,6,8,10,12-13H,1,3,5,7,9,16-17H2/t12-,13?,15+/m1/s1. The van der Waals surface area contributed by atoms with Gasteiger partial charge in [-0.1, -0.05) is 18.2 Å². The number of nitrogens with two attached hydrogens (primary N) is 2. The van der Waals surface area contributed by atoms with Gasteiger partial charge in [0, 0.05) is 29.4 Å². The molecule has 2 aliphatic rings. The van der Waals surface area contributed by atoms with Gasteiger partial charge in [0.15, 0.2) is 0 Å². The molecular formula is C15H21N3. The van der Waals surface area contributed by atoms with E-state index in [4.69, 9.17) is 11.5 Å². The van der Waals surface area contributed by atoms with Crippen molar-refractivity contribution in [2.45, 2.75) is 49.6 Å². The Morgan fingerprint density at radius 1 is 1.33 bits per heavy atom. The van der Waals surface area contributed by atoms with Crippen molar-refractivity contribution in [1.29, 1.82) is 0 Å². The van der Waals surface area contributed by atoms with E-state index in [2.05, 4.69) is 23.2 Å². The summed E-state index contributed by atoms with van der Waals surface area (Å²) in [5, 5.41) is 0. The molecule has 96 valence electrons. The van der Waals surface area contributed by atoms with Gasteiger partial charge in [-0.3, -0.25) is 4.98 Å². The number of fused-ring (bicyclic) bond motifs is 1. The molecule has 3 nitrogen and oxygen atoms in total. The van der Waals surface area contributed by atoms with E-state index in [0.29, 0.717) is 5.92 Å². The maximum Gasteiger partial charge on any atom is 0.0488 e. The molecular weight excluding hydrogens is 222 g/mol. The summed E-state index contributed by atoms with van der Waals surface area (Å²) in [6, 6.07) is 4.39. The van der Waals surface area contributed by atoms with Crippen LogP contribution in [0, 0.1) is 0 Å². The highest BCUT2D eigenvalue weighted by Gasteiger charge is 2.38. The Morgan fingerprint density at radius 3 is 3.00 bits per heavy atom. The zero-order valence-corrected chi connectivity index (χ0v) is 10.7. The summed E-state index contributed by atoms with van der Waals surface area (Å²) in [6.45, 7) is 0. The highest BCUT2D eigenvalue weighted by atomic mass is 14.8. The Hall–Kier alpha value is -1.19. The number of rotatable bonds is 1. The number of pyridine rings is 1. The molecule has 3 atom stereocenters. The summed E-state index contributed by atoms with van der Waals surface area (Å²) in [5.74, 6) is 0.353. The maximum absolute atomic E-state index is 6.63. The van der Waals surface area contributed by atoms with E-state index in [-0.39, 0.29) is 11.6 Å². The molecule has 1 heterocycles. The molecule has 0 amide bonds. The van der Waals surface area contributed by atoms with Crippen LogP contribution < -0.4 is 11.5 Å². The van der Waals surface area contributed by atoms with E-state index in [1.807, 2.05) is 12.3 Å². The van der Waals surface area contributed by atoms with Crippen LogP contribution in [0.25, 0.3) is 0 Å². The predicted octanol–water partition coefficient (Wildman–Crippen LogP) is 1.88. The smallest absolute Gasteiger partial charge is 0.0488 e. The Labute approximate surface area is 108 Å². The molecule has 2 aliphatic carbocycles. The fourth-order valence-corrected chi connectivity index (χ4v) is 3.32. The molecule has 18 heavy (non-hydrogen) atoms. The third kappa shape index (κ3) is 1.98. The number of aromatic nitrogens is 1. The fraction of sp³-hybridized carbons (Fsp3) is 0.533. The van der Waals surface area contributed by atoms with Gasteiger partial charge in [0.2, 0.25) is 0 Å². The summed E-state index contributed by atoms with van der Waals surface area (Å²) < 4.78 is 0. The SMILES string of the molecule is N[C@@H]1C=C[C@@](N)(C2CCCc3cccnc32)CC1. The van der Waals surface area contributed by atoms with Crippen molar-refractivity contribution < 1.29 is 0 Å². The van der Waals surface area contributed by atoms with E-state index in [0.717, 1.165) is 25.7 Å². The molecule has 3 rings (SSSR count). The Morgan fingerprint density at radius 2 is 2.22 bits per heavy atom. The van der Waals surface area contributed by atoms with Crippen molar-refractivity contribution in [3.05, 3.63) is 41.7 Å². The normalized spacial score (nSPS) is 35.2. The van der Waals surface area contributed by atoms with Crippen LogP contribution in [0.1, 0.15) is 42.9 Å². The lowest BCUT2D eigenvalue weighted by Gasteiger charge is -2.40. The third-order valence-corrected chi connectivity index (χ3v) is 4.41. The molecule has 4 N–H and O–H groups in total. The van der Waals surface area contributed by atoms with E-state index >= 15 is 0 Å². The van der Waals surface area contributed by atoms with Crippen LogP contribution in [0.4, 0.5) is 0 Å². The van der Waals surface area contributed by atoms with Crippen molar-refractivity contribution >= 4 is 0 Å². The lowest BCUT2D eigenvalue weighted by atomic mass is 9.70. The predicted molar refractivity (Wildman–Crippen MR) is 73.2 cm³/mol. The van der Waals surface area contributed by atoms with Crippen LogP contribution in [0.3, 0.4) is 0 Å². The molecule has 0 radical (unpaired) electrons. The number of nitrogens with zero attached hydrogens (tertiary/aromatic N) is 1. The van der Waals surface area contributed by atoms with Gasteiger partial charge in [-0.25, -0.2) is 0 Å². The summed E-state index contributed by atoms with van der Waals surface area (Å²) in [5.41, 5.74) is 14.9. The minimum Gasteiger partial charge on any atom is -0.324 e. The van der Waals surface area contributed by atoms with Crippen LogP contribution >= 0.6 is 0 Å².